The van der Waals surface area contributed by atoms with Gasteiger partial charge in [-0.25, -0.2) is 9.67 Å². The molecule has 0 atom stereocenters. The average molecular weight is 315 g/mol. The molecule has 0 spiro atoms. The summed E-state index contributed by atoms with van der Waals surface area (Å²) in [6.45, 7) is 9.89. The number of aryl methyl sites for hydroxylation is 1. The van der Waals surface area contributed by atoms with Crippen molar-refractivity contribution in [3.05, 3.63) is 46.4 Å². The largest absolute Gasteiger partial charge is 0.340 e. The van der Waals surface area contributed by atoms with Crippen LogP contribution in [0.2, 0.25) is 0 Å². The molecule has 3 heterocycles. The van der Waals surface area contributed by atoms with Gasteiger partial charge in [0.1, 0.15) is 0 Å². The molecule has 124 valence electrons. The summed E-state index contributed by atoms with van der Waals surface area (Å²) in [6.07, 6.45) is 3.88. The molecule has 6 nitrogen and oxygen atoms in total. The van der Waals surface area contributed by atoms with Crippen LogP contribution in [0.25, 0.3) is 0 Å². The summed E-state index contributed by atoms with van der Waals surface area (Å²) >= 11 is 0. The summed E-state index contributed by atoms with van der Waals surface area (Å²) < 4.78 is 3.59. The Labute approximate surface area is 136 Å². The van der Waals surface area contributed by atoms with E-state index in [1.165, 1.54) is 0 Å². The van der Waals surface area contributed by atoms with Gasteiger partial charge in [-0.3, -0.25) is 9.69 Å². The van der Waals surface area contributed by atoms with Gasteiger partial charge in [0.15, 0.2) is 0 Å². The highest BCUT2D eigenvalue weighted by Gasteiger charge is 2.28. The van der Waals surface area contributed by atoms with Gasteiger partial charge in [0, 0.05) is 50.3 Å². The summed E-state index contributed by atoms with van der Waals surface area (Å²) in [5.74, 6) is 0.485. The van der Waals surface area contributed by atoms with Gasteiger partial charge in [0.2, 0.25) is 0 Å². The molecule has 3 rings (SSSR count). The molecule has 0 amide bonds. The minimum absolute atomic E-state index is 0.0128. The second-order valence-electron chi connectivity index (χ2n) is 7.58. The summed E-state index contributed by atoms with van der Waals surface area (Å²) in [5.41, 5.74) is 2.00. The zero-order valence-corrected chi connectivity index (χ0v) is 14.4. The fourth-order valence-electron chi connectivity index (χ4n) is 2.92. The van der Waals surface area contributed by atoms with Crippen LogP contribution in [0.1, 0.15) is 32.2 Å². The Bertz CT molecular complexity index is 734. The standard InChI is InChI=1S/C17H25N5O/c1-17(2,3)15-5-6-16(23)22(19-15)9-13-7-21(8-13)11-14-10-20(4)12-18-14/h5-6,10,12-13H,7-9,11H2,1-4H3. The van der Waals surface area contributed by atoms with Crippen molar-refractivity contribution in [1.29, 1.82) is 0 Å². The number of rotatable bonds is 4. The molecule has 2 aromatic rings. The lowest BCUT2D eigenvalue weighted by Crippen LogP contribution is -2.49. The molecule has 0 saturated carbocycles. The zero-order chi connectivity index (χ0) is 16.6. The van der Waals surface area contributed by atoms with Crippen molar-refractivity contribution in [3.8, 4) is 0 Å². The first kappa shape index (κ1) is 15.9. The number of nitrogens with zero attached hydrogens (tertiary/aromatic N) is 5. The summed E-state index contributed by atoms with van der Waals surface area (Å²) in [5, 5.41) is 4.55. The third-order valence-electron chi connectivity index (χ3n) is 4.24. The van der Waals surface area contributed by atoms with E-state index in [1.807, 2.05) is 30.2 Å². The van der Waals surface area contributed by atoms with Crippen molar-refractivity contribution in [2.24, 2.45) is 13.0 Å². The molecule has 2 aromatic heterocycles. The predicted octanol–water partition coefficient (Wildman–Crippen LogP) is 1.41. The van der Waals surface area contributed by atoms with E-state index >= 15 is 0 Å². The lowest BCUT2D eigenvalue weighted by Gasteiger charge is -2.38. The van der Waals surface area contributed by atoms with Crippen LogP contribution in [-0.4, -0.2) is 37.3 Å². The van der Waals surface area contributed by atoms with E-state index in [2.05, 4.69) is 35.8 Å². The van der Waals surface area contributed by atoms with Gasteiger partial charge in [-0.15, -0.1) is 0 Å². The first-order valence-electron chi connectivity index (χ1n) is 8.09. The SMILES string of the molecule is Cn1cnc(CN2CC(Cn3nc(C(C)(C)C)ccc3=O)C2)c1. The third kappa shape index (κ3) is 3.69. The van der Waals surface area contributed by atoms with E-state index in [4.69, 9.17) is 0 Å². The van der Waals surface area contributed by atoms with Crippen molar-refractivity contribution in [2.45, 2.75) is 39.3 Å². The highest BCUT2D eigenvalue weighted by atomic mass is 16.1. The van der Waals surface area contributed by atoms with E-state index in [-0.39, 0.29) is 11.0 Å². The van der Waals surface area contributed by atoms with Crippen molar-refractivity contribution in [1.82, 2.24) is 24.2 Å². The number of hydrogen-bond donors (Lipinski definition) is 0. The van der Waals surface area contributed by atoms with Crippen molar-refractivity contribution in [3.63, 3.8) is 0 Å². The van der Waals surface area contributed by atoms with E-state index in [1.54, 1.807) is 10.7 Å². The second kappa shape index (κ2) is 5.92. The lowest BCUT2D eigenvalue weighted by molar-refractivity contribution is 0.0752. The van der Waals surface area contributed by atoms with Crippen LogP contribution in [0.3, 0.4) is 0 Å². The minimum atomic E-state index is -0.0416. The molecule has 0 aliphatic carbocycles. The van der Waals surface area contributed by atoms with Gasteiger partial charge in [-0.05, 0) is 6.07 Å². The Hall–Kier alpha value is -1.95. The zero-order valence-electron chi connectivity index (χ0n) is 14.4. The van der Waals surface area contributed by atoms with Crippen LogP contribution < -0.4 is 5.56 Å². The number of likely N-dealkylation sites (tertiary alicyclic amines) is 1. The average Bonchev–Trinajstić information content (AvgIpc) is 2.82. The van der Waals surface area contributed by atoms with Crippen LogP contribution in [0.15, 0.2) is 29.5 Å². The fraction of sp³-hybridized carbons (Fsp3) is 0.588. The Balaban J connectivity index is 1.58. The number of hydrogen-bond acceptors (Lipinski definition) is 4. The maximum atomic E-state index is 12.0. The molecular weight excluding hydrogens is 290 g/mol. The van der Waals surface area contributed by atoms with Crippen molar-refractivity contribution >= 4 is 0 Å². The minimum Gasteiger partial charge on any atom is -0.340 e. The molecule has 0 unspecified atom stereocenters. The summed E-state index contributed by atoms with van der Waals surface area (Å²) in [6, 6.07) is 3.48. The maximum absolute atomic E-state index is 12.0. The molecule has 6 heteroatoms. The monoisotopic (exact) mass is 315 g/mol. The Kier molecular flexibility index (Phi) is 4.10. The smallest absolute Gasteiger partial charge is 0.266 e. The van der Waals surface area contributed by atoms with E-state index in [9.17, 15) is 4.79 Å². The predicted molar refractivity (Wildman–Crippen MR) is 89.2 cm³/mol. The van der Waals surface area contributed by atoms with Crippen molar-refractivity contribution < 1.29 is 0 Å². The molecule has 0 aromatic carbocycles. The topological polar surface area (TPSA) is 56.0 Å². The Morgan fingerprint density at radius 3 is 2.61 bits per heavy atom. The molecule has 1 saturated heterocycles. The van der Waals surface area contributed by atoms with Gasteiger partial charge in [-0.2, -0.15) is 5.10 Å². The highest BCUT2D eigenvalue weighted by Crippen LogP contribution is 2.21. The molecule has 0 radical (unpaired) electrons. The first-order valence-corrected chi connectivity index (χ1v) is 8.09. The molecule has 0 N–H and O–H groups in total. The first-order chi connectivity index (χ1) is 10.8. The third-order valence-corrected chi connectivity index (χ3v) is 4.24. The van der Waals surface area contributed by atoms with Gasteiger partial charge in [0.25, 0.3) is 5.56 Å². The molecular formula is C17H25N5O. The van der Waals surface area contributed by atoms with Crippen LogP contribution in [0, 0.1) is 5.92 Å². The fourth-order valence-corrected chi connectivity index (χ4v) is 2.92. The normalized spacial score (nSPS) is 16.5. The van der Waals surface area contributed by atoms with E-state index in [0.29, 0.717) is 12.5 Å². The van der Waals surface area contributed by atoms with Crippen LogP contribution in [0.5, 0.6) is 0 Å². The quantitative estimate of drug-likeness (QED) is 0.856. The molecule has 1 aliphatic rings. The van der Waals surface area contributed by atoms with Crippen LogP contribution in [-0.2, 0) is 25.6 Å². The molecule has 1 aliphatic heterocycles. The second-order valence-corrected chi connectivity index (χ2v) is 7.58. The van der Waals surface area contributed by atoms with Gasteiger partial charge in [0.05, 0.1) is 24.3 Å². The van der Waals surface area contributed by atoms with Gasteiger partial charge in [-0.1, -0.05) is 20.8 Å². The molecule has 1 fully saturated rings. The van der Waals surface area contributed by atoms with E-state index in [0.717, 1.165) is 31.0 Å². The summed E-state index contributed by atoms with van der Waals surface area (Å²) in [7, 11) is 1.98. The number of imidazole rings is 1. The van der Waals surface area contributed by atoms with Gasteiger partial charge < -0.3 is 4.57 Å². The molecule has 0 bridgehead atoms. The summed E-state index contributed by atoms with van der Waals surface area (Å²) in [4.78, 5) is 18.7. The van der Waals surface area contributed by atoms with Crippen LogP contribution in [0.4, 0.5) is 0 Å². The van der Waals surface area contributed by atoms with Crippen LogP contribution >= 0.6 is 0 Å². The Morgan fingerprint density at radius 2 is 2.00 bits per heavy atom. The van der Waals surface area contributed by atoms with Crippen molar-refractivity contribution in [2.75, 3.05) is 13.1 Å². The lowest BCUT2D eigenvalue weighted by atomic mass is 9.92. The van der Waals surface area contributed by atoms with E-state index < -0.39 is 0 Å². The highest BCUT2D eigenvalue weighted by molar-refractivity contribution is 5.10. The maximum Gasteiger partial charge on any atom is 0.266 e. The molecule has 23 heavy (non-hydrogen) atoms. The van der Waals surface area contributed by atoms with Gasteiger partial charge >= 0.3 is 0 Å². The Morgan fingerprint density at radius 1 is 1.26 bits per heavy atom. The number of aromatic nitrogens is 4.